The van der Waals surface area contributed by atoms with E-state index < -0.39 is 21.1 Å². The zero-order valence-electron chi connectivity index (χ0n) is 20.9. The van der Waals surface area contributed by atoms with Crippen LogP contribution < -0.4 is 5.63 Å². The standard InChI is InChI=1S/2C8H10O.2C7H9.Zr/c2*1-2-7-5-3-4-6-8(7)9;2*1-6-4-3-5-7(6)2;/h2*3-6,9H,2H2,1H3;2*3H,4H2,1-2H3;/q;;;;+2/p-2. The average molecular weight is 520 g/mol. The van der Waals surface area contributed by atoms with Crippen molar-refractivity contribution in [3.8, 4) is 11.5 Å². The average Bonchev–Trinajstić information content (AvgIpc) is 3.35. The molecule has 0 saturated carbocycles. The van der Waals surface area contributed by atoms with Crippen LogP contribution in [0.3, 0.4) is 0 Å². The van der Waals surface area contributed by atoms with E-state index in [1.54, 1.807) is 0 Å². The molecule has 0 aromatic heterocycles. The SMILES string of the molecule is CCc1ccccc1[O][Zr]([O]c1ccccc1CC)([C]1=CCC(C)=C1C)[C]1=CCC(C)=C1C. The monoisotopic (exact) mass is 518 g/mol. The van der Waals surface area contributed by atoms with E-state index in [1.165, 1.54) is 40.0 Å². The summed E-state index contributed by atoms with van der Waals surface area (Å²) in [6, 6.07) is 17.0. The first kappa shape index (κ1) is 24.0. The van der Waals surface area contributed by atoms with Crippen molar-refractivity contribution in [2.45, 2.75) is 67.2 Å². The van der Waals surface area contributed by atoms with E-state index in [0.717, 1.165) is 37.2 Å². The number of rotatable bonds is 8. The Morgan fingerprint density at radius 1 is 0.636 bits per heavy atom. The Balaban J connectivity index is 1.98. The molecule has 33 heavy (non-hydrogen) atoms. The Bertz CT molecular complexity index is 1090. The molecule has 0 saturated heterocycles. The van der Waals surface area contributed by atoms with Gasteiger partial charge in [-0.05, 0) is 0 Å². The molecule has 0 fully saturated rings. The van der Waals surface area contributed by atoms with Crippen LogP contribution in [-0.4, -0.2) is 0 Å². The van der Waals surface area contributed by atoms with Gasteiger partial charge in [0, 0.05) is 0 Å². The number of para-hydroxylation sites is 2. The van der Waals surface area contributed by atoms with E-state index in [-0.39, 0.29) is 0 Å². The van der Waals surface area contributed by atoms with Crippen molar-refractivity contribution in [1.29, 1.82) is 0 Å². The fourth-order valence-electron chi connectivity index (χ4n) is 4.83. The fraction of sp³-hybridized carbons (Fsp3) is 0.333. The molecule has 4 rings (SSSR count). The summed E-state index contributed by atoms with van der Waals surface area (Å²) in [4.78, 5) is 0. The Morgan fingerprint density at radius 3 is 1.36 bits per heavy atom. The molecule has 0 amide bonds. The Kier molecular flexibility index (Phi) is 7.29. The zero-order valence-corrected chi connectivity index (χ0v) is 23.4. The molecule has 0 heterocycles. The number of benzene rings is 2. The van der Waals surface area contributed by atoms with Crippen molar-refractivity contribution in [2.24, 2.45) is 0 Å². The van der Waals surface area contributed by atoms with Gasteiger partial charge >= 0.3 is 206 Å². The maximum atomic E-state index is 7.32. The second-order valence-corrected chi connectivity index (χ2v) is 15.9. The van der Waals surface area contributed by atoms with Crippen LogP contribution in [0, 0.1) is 0 Å². The maximum absolute atomic E-state index is 7.32. The van der Waals surface area contributed by atoms with Gasteiger partial charge in [-0.25, -0.2) is 0 Å². The van der Waals surface area contributed by atoms with Crippen LogP contribution >= 0.6 is 0 Å². The number of allylic oxidation sites excluding steroid dienone is 8. The van der Waals surface area contributed by atoms with Crippen LogP contribution in [0.4, 0.5) is 0 Å². The molecule has 0 unspecified atom stereocenters. The van der Waals surface area contributed by atoms with Crippen molar-refractivity contribution in [1.82, 2.24) is 0 Å². The van der Waals surface area contributed by atoms with Crippen LogP contribution in [-0.2, 0) is 34.0 Å². The van der Waals surface area contributed by atoms with Crippen molar-refractivity contribution in [2.75, 3.05) is 0 Å². The molecule has 2 aliphatic rings. The van der Waals surface area contributed by atoms with Gasteiger partial charge in [0.05, 0.1) is 0 Å². The van der Waals surface area contributed by atoms with Crippen LogP contribution in [0.5, 0.6) is 11.5 Å². The van der Waals surface area contributed by atoms with Gasteiger partial charge in [-0.3, -0.25) is 0 Å². The van der Waals surface area contributed by atoms with Crippen molar-refractivity contribution < 1.29 is 26.8 Å². The molecule has 2 aromatic rings. The van der Waals surface area contributed by atoms with Crippen molar-refractivity contribution in [3.63, 3.8) is 0 Å². The molecular weight excluding hydrogens is 484 g/mol. The third kappa shape index (κ3) is 4.50. The second-order valence-electron chi connectivity index (χ2n) is 9.20. The Labute approximate surface area is 205 Å². The normalized spacial score (nSPS) is 16.3. The predicted molar refractivity (Wildman–Crippen MR) is 135 cm³/mol. The summed E-state index contributed by atoms with van der Waals surface area (Å²) in [5.41, 5.74) is 8.02. The second kappa shape index (κ2) is 10.0. The van der Waals surface area contributed by atoms with E-state index in [9.17, 15) is 0 Å². The quantitative estimate of drug-likeness (QED) is 0.348. The molecule has 0 radical (unpaired) electrons. The van der Waals surface area contributed by atoms with E-state index in [2.05, 4.69) is 102 Å². The van der Waals surface area contributed by atoms with Gasteiger partial charge in [0.1, 0.15) is 0 Å². The van der Waals surface area contributed by atoms with Gasteiger partial charge in [-0.15, -0.1) is 0 Å². The molecule has 0 aliphatic heterocycles. The molecule has 0 N–H and O–H groups in total. The van der Waals surface area contributed by atoms with Crippen LogP contribution in [0.2, 0.25) is 0 Å². The number of hydrogen-bond donors (Lipinski definition) is 0. The van der Waals surface area contributed by atoms with Gasteiger partial charge in [-0.1, -0.05) is 0 Å². The fourth-order valence-corrected chi connectivity index (χ4v) is 14.5. The summed E-state index contributed by atoms with van der Waals surface area (Å²) in [6.07, 6.45) is 8.61. The van der Waals surface area contributed by atoms with E-state index in [4.69, 9.17) is 5.63 Å². The molecule has 0 spiro atoms. The molecule has 2 nitrogen and oxygen atoms in total. The first-order valence-corrected chi connectivity index (χ1v) is 16.7. The van der Waals surface area contributed by atoms with Crippen LogP contribution in [0.25, 0.3) is 0 Å². The van der Waals surface area contributed by atoms with Gasteiger partial charge in [0.2, 0.25) is 0 Å². The summed E-state index contributed by atoms with van der Waals surface area (Å²) >= 11 is -4.17. The molecule has 0 bridgehead atoms. The summed E-state index contributed by atoms with van der Waals surface area (Å²) < 4.78 is 17.3. The van der Waals surface area contributed by atoms with E-state index >= 15 is 0 Å². The van der Waals surface area contributed by atoms with Crippen molar-refractivity contribution >= 4 is 0 Å². The Hall–Kier alpha value is -2.12. The summed E-state index contributed by atoms with van der Waals surface area (Å²) in [5, 5.41) is 0. The van der Waals surface area contributed by atoms with Gasteiger partial charge in [-0.2, -0.15) is 0 Å². The third-order valence-corrected chi connectivity index (χ3v) is 16.1. The molecule has 3 heteroatoms. The zero-order chi connectivity index (χ0) is 23.6. The molecule has 0 atom stereocenters. The third-order valence-electron chi connectivity index (χ3n) is 7.24. The molecular formula is C30H36O2Zr. The molecule has 2 aliphatic carbocycles. The van der Waals surface area contributed by atoms with Gasteiger partial charge < -0.3 is 0 Å². The minimum atomic E-state index is -4.17. The first-order valence-electron chi connectivity index (χ1n) is 12.2. The summed E-state index contributed by atoms with van der Waals surface area (Å²) in [5.74, 6) is 1.95. The number of aryl methyl sites for hydroxylation is 2. The number of hydrogen-bond acceptors (Lipinski definition) is 2. The first-order chi connectivity index (χ1) is 15.9. The van der Waals surface area contributed by atoms with E-state index in [0.29, 0.717) is 0 Å². The summed E-state index contributed by atoms with van der Waals surface area (Å²) in [6.45, 7) is 13.4. The van der Waals surface area contributed by atoms with Gasteiger partial charge in [0.25, 0.3) is 0 Å². The minimum absolute atomic E-state index is 0.934. The predicted octanol–water partition coefficient (Wildman–Crippen LogP) is 8.50. The van der Waals surface area contributed by atoms with Crippen LogP contribution in [0.1, 0.15) is 65.5 Å². The molecule has 172 valence electrons. The van der Waals surface area contributed by atoms with Crippen molar-refractivity contribution in [3.05, 3.63) is 101 Å². The summed E-state index contributed by atoms with van der Waals surface area (Å²) in [7, 11) is 0. The van der Waals surface area contributed by atoms with Crippen LogP contribution in [0.15, 0.2) is 89.5 Å². The topological polar surface area (TPSA) is 18.5 Å². The van der Waals surface area contributed by atoms with E-state index in [1.807, 2.05) is 0 Å². The molecule has 2 aromatic carbocycles. The van der Waals surface area contributed by atoms with Gasteiger partial charge in [0.15, 0.2) is 0 Å². The Morgan fingerprint density at radius 2 is 1.03 bits per heavy atom.